The molecule has 0 spiro atoms. The molecule has 2 aromatic carbocycles. The first-order valence-corrected chi connectivity index (χ1v) is 12.9. The van der Waals surface area contributed by atoms with Crippen molar-refractivity contribution in [3.63, 3.8) is 0 Å². The number of carbonyl (C=O) groups excluding carboxylic acids is 2. The number of benzene rings is 2. The van der Waals surface area contributed by atoms with Crippen molar-refractivity contribution in [3.05, 3.63) is 58.6 Å². The second-order valence-electron chi connectivity index (χ2n) is 9.06. The van der Waals surface area contributed by atoms with Crippen molar-refractivity contribution in [2.24, 2.45) is 0 Å². The van der Waals surface area contributed by atoms with Crippen LogP contribution in [0.2, 0.25) is 5.02 Å². The van der Waals surface area contributed by atoms with E-state index in [0.29, 0.717) is 35.9 Å². The Balaban J connectivity index is 1.53. The first kappa shape index (κ1) is 23.7. The van der Waals surface area contributed by atoms with Gasteiger partial charge in [-0.2, -0.15) is 4.31 Å². The molecule has 176 valence electrons. The lowest BCUT2D eigenvalue weighted by Gasteiger charge is -2.26. The van der Waals surface area contributed by atoms with Gasteiger partial charge in [-0.3, -0.25) is 9.59 Å². The minimum atomic E-state index is -3.62. The Hall–Kier alpha value is -2.42. The molecule has 7 nitrogen and oxygen atoms in total. The summed E-state index contributed by atoms with van der Waals surface area (Å²) in [6.45, 7) is 4.74. The summed E-state index contributed by atoms with van der Waals surface area (Å²) in [6.07, 6.45) is 2.74. The molecular weight excluding hydrogens is 462 g/mol. The van der Waals surface area contributed by atoms with Gasteiger partial charge in [-0.05, 0) is 68.1 Å². The van der Waals surface area contributed by atoms with Crippen molar-refractivity contribution in [2.45, 2.75) is 50.0 Å². The van der Waals surface area contributed by atoms with Crippen LogP contribution in [-0.4, -0.2) is 44.2 Å². The monoisotopic (exact) mass is 489 g/mol. The zero-order valence-electron chi connectivity index (χ0n) is 18.8. The SMILES string of the molecule is CC1(C)C(=O)N(CC(=O)NCc2ccc(Cl)cc2)c2ccc(S(=O)(=O)N3CCCCC3)cc21. The van der Waals surface area contributed by atoms with E-state index in [4.69, 9.17) is 11.6 Å². The molecule has 1 saturated heterocycles. The van der Waals surface area contributed by atoms with E-state index in [1.807, 2.05) is 12.1 Å². The molecule has 9 heteroatoms. The maximum absolute atomic E-state index is 13.2. The van der Waals surface area contributed by atoms with Crippen LogP contribution in [0.5, 0.6) is 0 Å². The van der Waals surface area contributed by atoms with Crippen LogP contribution in [0, 0.1) is 0 Å². The molecule has 2 aliphatic rings. The van der Waals surface area contributed by atoms with Crippen LogP contribution >= 0.6 is 11.6 Å². The van der Waals surface area contributed by atoms with Gasteiger partial charge < -0.3 is 10.2 Å². The predicted octanol–water partition coefficient (Wildman–Crippen LogP) is 3.46. The summed E-state index contributed by atoms with van der Waals surface area (Å²) < 4.78 is 27.8. The number of fused-ring (bicyclic) bond motifs is 1. The molecule has 2 amide bonds. The normalized spacial score (nSPS) is 18.3. The summed E-state index contributed by atoms with van der Waals surface area (Å²) in [7, 11) is -3.62. The summed E-state index contributed by atoms with van der Waals surface area (Å²) in [5.74, 6) is -0.529. The van der Waals surface area contributed by atoms with Crippen LogP contribution in [0.3, 0.4) is 0 Å². The number of rotatable bonds is 6. The van der Waals surface area contributed by atoms with Gasteiger partial charge in [0.1, 0.15) is 6.54 Å². The van der Waals surface area contributed by atoms with Gasteiger partial charge in [0, 0.05) is 30.3 Å². The number of anilines is 1. The molecule has 0 aromatic heterocycles. The summed E-state index contributed by atoms with van der Waals surface area (Å²) in [5, 5.41) is 3.44. The average Bonchev–Trinajstić information content (AvgIpc) is 2.99. The van der Waals surface area contributed by atoms with Crippen molar-refractivity contribution in [1.82, 2.24) is 9.62 Å². The summed E-state index contributed by atoms with van der Waals surface area (Å²) in [4.78, 5) is 27.4. The van der Waals surface area contributed by atoms with E-state index >= 15 is 0 Å². The molecule has 2 aliphatic heterocycles. The van der Waals surface area contributed by atoms with E-state index in [1.165, 1.54) is 15.3 Å². The average molecular weight is 490 g/mol. The Morgan fingerprint density at radius 3 is 2.39 bits per heavy atom. The minimum absolute atomic E-state index is 0.138. The molecule has 1 N–H and O–H groups in total. The number of nitrogens with one attached hydrogen (secondary N) is 1. The molecule has 0 aliphatic carbocycles. The van der Waals surface area contributed by atoms with E-state index in [2.05, 4.69) is 5.32 Å². The third-order valence-corrected chi connectivity index (χ3v) is 8.52. The Kier molecular flexibility index (Phi) is 6.53. The molecule has 0 radical (unpaired) electrons. The third-order valence-electron chi connectivity index (χ3n) is 6.37. The maximum Gasteiger partial charge on any atom is 0.243 e. The fourth-order valence-electron chi connectivity index (χ4n) is 4.39. The summed E-state index contributed by atoms with van der Waals surface area (Å²) >= 11 is 5.89. The number of sulfonamides is 1. The molecule has 0 atom stereocenters. The zero-order chi connectivity index (χ0) is 23.8. The van der Waals surface area contributed by atoms with Crippen LogP contribution < -0.4 is 10.2 Å². The van der Waals surface area contributed by atoms with Gasteiger partial charge in [-0.25, -0.2) is 8.42 Å². The largest absolute Gasteiger partial charge is 0.350 e. The van der Waals surface area contributed by atoms with Gasteiger partial charge in [0.25, 0.3) is 0 Å². The summed E-state index contributed by atoms with van der Waals surface area (Å²) in [5.41, 5.74) is 1.16. The van der Waals surface area contributed by atoms with Gasteiger partial charge in [0.05, 0.1) is 10.3 Å². The highest BCUT2D eigenvalue weighted by Gasteiger charge is 2.45. The second kappa shape index (κ2) is 9.08. The molecular formula is C24H28ClN3O4S. The molecule has 0 unspecified atom stereocenters. The van der Waals surface area contributed by atoms with Crippen LogP contribution in [0.25, 0.3) is 0 Å². The number of halogens is 1. The Bertz CT molecular complexity index is 1170. The highest BCUT2D eigenvalue weighted by molar-refractivity contribution is 7.89. The Labute approximate surface area is 199 Å². The van der Waals surface area contributed by atoms with Crippen molar-refractivity contribution < 1.29 is 18.0 Å². The fraction of sp³-hybridized carbons (Fsp3) is 0.417. The predicted molar refractivity (Wildman–Crippen MR) is 128 cm³/mol. The van der Waals surface area contributed by atoms with Crippen LogP contribution in [0.4, 0.5) is 5.69 Å². The Morgan fingerprint density at radius 1 is 1.06 bits per heavy atom. The number of piperidine rings is 1. The molecule has 0 bridgehead atoms. The quantitative estimate of drug-likeness (QED) is 0.673. The molecule has 4 rings (SSSR count). The fourth-order valence-corrected chi connectivity index (χ4v) is 6.06. The van der Waals surface area contributed by atoms with Gasteiger partial charge in [0.2, 0.25) is 21.8 Å². The number of hydrogen-bond acceptors (Lipinski definition) is 4. The number of carbonyl (C=O) groups is 2. The van der Waals surface area contributed by atoms with E-state index in [-0.39, 0.29) is 23.3 Å². The number of amides is 2. The number of nitrogens with zero attached hydrogens (tertiary/aromatic N) is 2. The molecule has 33 heavy (non-hydrogen) atoms. The van der Waals surface area contributed by atoms with Gasteiger partial charge in [-0.15, -0.1) is 0 Å². The molecule has 2 heterocycles. The van der Waals surface area contributed by atoms with Gasteiger partial charge in [-0.1, -0.05) is 30.2 Å². The molecule has 0 saturated carbocycles. The number of hydrogen-bond donors (Lipinski definition) is 1. The summed E-state index contributed by atoms with van der Waals surface area (Å²) in [6, 6.07) is 11.9. The second-order valence-corrected chi connectivity index (χ2v) is 11.4. The maximum atomic E-state index is 13.2. The topological polar surface area (TPSA) is 86.8 Å². The third kappa shape index (κ3) is 4.65. The highest BCUT2D eigenvalue weighted by Crippen LogP contribution is 2.42. The van der Waals surface area contributed by atoms with Crippen molar-refractivity contribution in [3.8, 4) is 0 Å². The first-order valence-electron chi connectivity index (χ1n) is 11.1. The standard InChI is InChI=1S/C24H28ClN3O4S/c1-24(2)20-14-19(33(31,32)27-12-4-3-5-13-27)10-11-21(20)28(23(24)30)16-22(29)26-15-17-6-8-18(25)9-7-17/h6-11,14H,3-5,12-13,15-16H2,1-2H3,(H,26,29). The van der Waals surface area contributed by atoms with E-state index < -0.39 is 15.4 Å². The van der Waals surface area contributed by atoms with Crippen LogP contribution in [0.1, 0.15) is 44.2 Å². The molecule has 1 fully saturated rings. The van der Waals surface area contributed by atoms with E-state index in [9.17, 15) is 18.0 Å². The lowest BCUT2D eigenvalue weighted by atomic mass is 9.86. The van der Waals surface area contributed by atoms with Crippen molar-refractivity contribution in [1.29, 1.82) is 0 Å². The highest BCUT2D eigenvalue weighted by atomic mass is 35.5. The van der Waals surface area contributed by atoms with Gasteiger partial charge >= 0.3 is 0 Å². The van der Waals surface area contributed by atoms with Crippen LogP contribution in [0.15, 0.2) is 47.4 Å². The lowest BCUT2D eigenvalue weighted by molar-refractivity contribution is -0.125. The smallest absolute Gasteiger partial charge is 0.243 e. The van der Waals surface area contributed by atoms with Crippen molar-refractivity contribution in [2.75, 3.05) is 24.5 Å². The Morgan fingerprint density at radius 2 is 1.73 bits per heavy atom. The van der Waals surface area contributed by atoms with Crippen molar-refractivity contribution >= 4 is 39.1 Å². The zero-order valence-corrected chi connectivity index (χ0v) is 20.4. The van der Waals surface area contributed by atoms with E-state index in [1.54, 1.807) is 38.1 Å². The van der Waals surface area contributed by atoms with Crippen LogP contribution in [-0.2, 0) is 31.6 Å². The first-order chi connectivity index (χ1) is 15.6. The van der Waals surface area contributed by atoms with E-state index in [0.717, 1.165) is 24.8 Å². The lowest BCUT2D eigenvalue weighted by Crippen LogP contribution is -2.42. The van der Waals surface area contributed by atoms with Gasteiger partial charge in [0.15, 0.2) is 0 Å². The minimum Gasteiger partial charge on any atom is -0.350 e. The molecule has 2 aromatic rings.